The van der Waals surface area contributed by atoms with Gasteiger partial charge < -0.3 is 10.1 Å². The molecule has 1 aliphatic rings. The van der Waals surface area contributed by atoms with Crippen LogP contribution in [0, 0.1) is 0 Å². The Kier molecular flexibility index (Phi) is 4.60. The van der Waals surface area contributed by atoms with Gasteiger partial charge in [0.05, 0.1) is 5.56 Å². The summed E-state index contributed by atoms with van der Waals surface area (Å²) >= 11 is 0. The number of ether oxygens (including phenoxy) is 1. The summed E-state index contributed by atoms with van der Waals surface area (Å²) in [6, 6.07) is 13.4. The third kappa shape index (κ3) is 3.52. The van der Waals surface area contributed by atoms with Gasteiger partial charge in [0.25, 0.3) is 5.91 Å². The second-order valence-electron chi connectivity index (χ2n) is 6.06. The summed E-state index contributed by atoms with van der Waals surface area (Å²) in [5, 5.41) is 4.77. The predicted octanol–water partition coefficient (Wildman–Crippen LogP) is 3.44. The summed E-state index contributed by atoms with van der Waals surface area (Å²) < 4.78 is 5.37. The van der Waals surface area contributed by atoms with Crippen molar-refractivity contribution < 1.29 is 14.3 Å². The number of nitrogens with one attached hydrogen (secondary N) is 1. The van der Waals surface area contributed by atoms with E-state index in [-0.39, 0.29) is 11.9 Å². The van der Waals surface area contributed by atoms with E-state index in [0.29, 0.717) is 5.56 Å². The summed E-state index contributed by atoms with van der Waals surface area (Å²) in [5.74, 6) is -0.679. The van der Waals surface area contributed by atoms with E-state index in [0.717, 1.165) is 36.5 Å². The molecule has 3 rings (SSSR count). The zero-order valence-corrected chi connectivity index (χ0v) is 13.2. The van der Waals surface area contributed by atoms with Crippen molar-refractivity contribution >= 4 is 22.6 Å². The van der Waals surface area contributed by atoms with Crippen molar-refractivity contribution in [1.29, 1.82) is 0 Å². The molecule has 2 aromatic carbocycles. The first-order valence-corrected chi connectivity index (χ1v) is 8.14. The van der Waals surface area contributed by atoms with Crippen LogP contribution in [0.15, 0.2) is 42.5 Å². The van der Waals surface area contributed by atoms with Gasteiger partial charge in [-0.15, -0.1) is 0 Å². The number of fused-ring (bicyclic) bond motifs is 1. The van der Waals surface area contributed by atoms with E-state index in [1.54, 1.807) is 13.0 Å². The molecule has 4 heteroatoms. The molecule has 0 radical (unpaired) electrons. The summed E-state index contributed by atoms with van der Waals surface area (Å²) in [6.45, 7) is 1.62. The van der Waals surface area contributed by atoms with Crippen LogP contribution in [0.4, 0.5) is 0 Å². The predicted molar refractivity (Wildman–Crippen MR) is 89.2 cm³/mol. The van der Waals surface area contributed by atoms with Crippen molar-refractivity contribution in [3.8, 4) is 0 Å². The van der Waals surface area contributed by atoms with E-state index in [1.165, 1.54) is 0 Å². The summed E-state index contributed by atoms with van der Waals surface area (Å²) in [5.41, 5.74) is 0.489. The van der Waals surface area contributed by atoms with Gasteiger partial charge in [0, 0.05) is 6.04 Å². The van der Waals surface area contributed by atoms with Crippen LogP contribution in [-0.2, 0) is 9.53 Å². The van der Waals surface area contributed by atoms with Crippen molar-refractivity contribution in [3.63, 3.8) is 0 Å². The van der Waals surface area contributed by atoms with E-state index < -0.39 is 12.1 Å². The average Bonchev–Trinajstić information content (AvgIpc) is 3.07. The van der Waals surface area contributed by atoms with E-state index in [2.05, 4.69) is 5.32 Å². The number of carbonyl (C=O) groups excluding carboxylic acids is 2. The zero-order chi connectivity index (χ0) is 16.2. The largest absolute Gasteiger partial charge is 0.449 e. The van der Waals surface area contributed by atoms with Gasteiger partial charge in [0.15, 0.2) is 6.10 Å². The van der Waals surface area contributed by atoms with Crippen molar-refractivity contribution in [1.82, 2.24) is 5.32 Å². The van der Waals surface area contributed by atoms with Crippen molar-refractivity contribution in [3.05, 3.63) is 48.0 Å². The van der Waals surface area contributed by atoms with Gasteiger partial charge in [-0.1, -0.05) is 49.2 Å². The molecular formula is C19H21NO3. The van der Waals surface area contributed by atoms with E-state index >= 15 is 0 Å². The minimum Gasteiger partial charge on any atom is -0.449 e. The number of hydrogen-bond donors (Lipinski definition) is 1. The van der Waals surface area contributed by atoms with Crippen LogP contribution in [0.1, 0.15) is 43.0 Å². The number of esters is 1. The van der Waals surface area contributed by atoms with Crippen LogP contribution < -0.4 is 5.32 Å². The molecule has 1 aliphatic carbocycles. The van der Waals surface area contributed by atoms with Gasteiger partial charge in [-0.3, -0.25) is 4.79 Å². The molecule has 2 aromatic rings. The van der Waals surface area contributed by atoms with Gasteiger partial charge in [-0.2, -0.15) is 0 Å². The lowest BCUT2D eigenvalue weighted by molar-refractivity contribution is -0.129. The summed E-state index contributed by atoms with van der Waals surface area (Å²) in [7, 11) is 0. The molecule has 0 unspecified atom stereocenters. The van der Waals surface area contributed by atoms with Crippen molar-refractivity contribution in [2.75, 3.05) is 0 Å². The molecule has 1 atom stereocenters. The quantitative estimate of drug-likeness (QED) is 0.880. The maximum atomic E-state index is 12.4. The first-order chi connectivity index (χ1) is 11.1. The van der Waals surface area contributed by atoms with E-state index in [4.69, 9.17) is 4.74 Å². The second-order valence-corrected chi connectivity index (χ2v) is 6.06. The highest BCUT2D eigenvalue weighted by Gasteiger charge is 2.24. The highest BCUT2D eigenvalue weighted by molar-refractivity contribution is 6.05. The summed E-state index contributed by atoms with van der Waals surface area (Å²) in [6.07, 6.45) is 3.53. The summed E-state index contributed by atoms with van der Waals surface area (Å²) in [4.78, 5) is 24.5. The Hall–Kier alpha value is -2.36. The lowest BCUT2D eigenvalue weighted by Gasteiger charge is -2.17. The van der Waals surface area contributed by atoms with Crippen LogP contribution in [0.25, 0.3) is 10.8 Å². The number of benzene rings is 2. The Morgan fingerprint density at radius 3 is 2.57 bits per heavy atom. The Bertz CT molecular complexity index is 714. The van der Waals surface area contributed by atoms with Crippen LogP contribution in [0.3, 0.4) is 0 Å². The molecule has 1 fully saturated rings. The zero-order valence-electron chi connectivity index (χ0n) is 13.2. The molecule has 23 heavy (non-hydrogen) atoms. The molecule has 1 N–H and O–H groups in total. The van der Waals surface area contributed by atoms with E-state index in [1.807, 2.05) is 36.4 Å². The number of rotatable bonds is 4. The Morgan fingerprint density at radius 1 is 1.09 bits per heavy atom. The van der Waals surface area contributed by atoms with Gasteiger partial charge in [-0.25, -0.2) is 4.79 Å². The number of carbonyl (C=O) groups is 2. The Labute approximate surface area is 135 Å². The minimum atomic E-state index is -0.790. The molecule has 0 spiro atoms. The van der Waals surface area contributed by atoms with Crippen LogP contribution in [0.2, 0.25) is 0 Å². The standard InChI is InChI=1S/C19H21NO3/c1-13(18(21)20-15-9-3-4-10-15)23-19(22)17-12-6-8-14-7-2-5-11-16(14)17/h2,5-8,11-13,15H,3-4,9-10H2,1H3,(H,20,21)/t13-/m0/s1. The van der Waals surface area contributed by atoms with Gasteiger partial charge in [-0.05, 0) is 36.6 Å². The molecular weight excluding hydrogens is 290 g/mol. The Balaban J connectivity index is 1.69. The smallest absolute Gasteiger partial charge is 0.339 e. The number of hydrogen-bond acceptors (Lipinski definition) is 3. The minimum absolute atomic E-state index is 0.217. The maximum Gasteiger partial charge on any atom is 0.339 e. The highest BCUT2D eigenvalue weighted by atomic mass is 16.5. The third-order valence-electron chi connectivity index (χ3n) is 4.36. The van der Waals surface area contributed by atoms with Gasteiger partial charge in [0.1, 0.15) is 0 Å². The molecule has 4 nitrogen and oxygen atoms in total. The van der Waals surface area contributed by atoms with Crippen LogP contribution >= 0.6 is 0 Å². The molecule has 0 aliphatic heterocycles. The third-order valence-corrected chi connectivity index (χ3v) is 4.36. The van der Waals surface area contributed by atoms with Gasteiger partial charge in [0.2, 0.25) is 0 Å². The van der Waals surface area contributed by atoms with Crippen LogP contribution in [0.5, 0.6) is 0 Å². The normalized spacial score (nSPS) is 16.2. The molecule has 0 bridgehead atoms. The number of amides is 1. The fourth-order valence-electron chi connectivity index (χ4n) is 3.07. The molecule has 1 saturated carbocycles. The van der Waals surface area contributed by atoms with Crippen molar-refractivity contribution in [2.24, 2.45) is 0 Å². The maximum absolute atomic E-state index is 12.4. The molecule has 0 saturated heterocycles. The Morgan fingerprint density at radius 2 is 1.78 bits per heavy atom. The monoisotopic (exact) mass is 311 g/mol. The lowest BCUT2D eigenvalue weighted by atomic mass is 10.0. The van der Waals surface area contributed by atoms with E-state index in [9.17, 15) is 9.59 Å². The average molecular weight is 311 g/mol. The molecule has 0 heterocycles. The first-order valence-electron chi connectivity index (χ1n) is 8.14. The molecule has 1 amide bonds. The van der Waals surface area contributed by atoms with Gasteiger partial charge >= 0.3 is 5.97 Å². The lowest BCUT2D eigenvalue weighted by Crippen LogP contribution is -2.40. The fraction of sp³-hybridized carbons (Fsp3) is 0.368. The first kappa shape index (κ1) is 15.5. The van der Waals surface area contributed by atoms with Crippen LogP contribution in [-0.4, -0.2) is 24.0 Å². The molecule has 0 aromatic heterocycles. The second kappa shape index (κ2) is 6.82. The topological polar surface area (TPSA) is 55.4 Å². The SMILES string of the molecule is C[C@H](OC(=O)c1cccc2ccccc12)C(=O)NC1CCCC1. The fourth-order valence-corrected chi connectivity index (χ4v) is 3.07. The van der Waals surface area contributed by atoms with Crippen molar-refractivity contribution in [2.45, 2.75) is 44.8 Å². The highest BCUT2D eigenvalue weighted by Crippen LogP contribution is 2.20. The molecule has 120 valence electrons.